The number of rotatable bonds is 6. The molecule has 0 aliphatic carbocycles. The average Bonchev–Trinajstić information content (AvgIpc) is 3.29. The smallest absolute Gasteiger partial charge is 0.252 e. The highest BCUT2D eigenvalue weighted by Crippen LogP contribution is 2.27. The predicted molar refractivity (Wildman–Crippen MR) is 136 cm³/mol. The number of nitrogens with one attached hydrogen (secondary N) is 1. The lowest BCUT2D eigenvalue weighted by molar-refractivity contribution is 0.0942. The Bertz CT molecular complexity index is 1300. The lowest BCUT2D eigenvalue weighted by atomic mass is 10.1. The lowest BCUT2D eigenvalue weighted by Crippen LogP contribution is -2.46. The van der Waals surface area contributed by atoms with Gasteiger partial charge in [0.25, 0.3) is 5.91 Å². The molecule has 174 valence electrons. The van der Waals surface area contributed by atoms with Gasteiger partial charge in [0.05, 0.1) is 28.5 Å². The van der Waals surface area contributed by atoms with E-state index in [0.717, 1.165) is 49.7 Å². The Kier molecular flexibility index (Phi) is 6.58. The van der Waals surface area contributed by atoms with Gasteiger partial charge >= 0.3 is 0 Å². The quantitative estimate of drug-likeness (QED) is 0.461. The minimum atomic E-state index is -0.121. The third kappa shape index (κ3) is 4.82. The van der Waals surface area contributed by atoms with Gasteiger partial charge in [-0.05, 0) is 31.3 Å². The van der Waals surface area contributed by atoms with Gasteiger partial charge in [0.2, 0.25) is 0 Å². The van der Waals surface area contributed by atoms with Crippen molar-refractivity contribution in [1.82, 2.24) is 29.9 Å². The van der Waals surface area contributed by atoms with E-state index in [2.05, 4.69) is 27.3 Å². The van der Waals surface area contributed by atoms with Crippen molar-refractivity contribution in [3.63, 3.8) is 0 Å². The van der Waals surface area contributed by atoms with Gasteiger partial charge in [-0.25, -0.2) is 9.67 Å². The van der Waals surface area contributed by atoms with Crippen LogP contribution in [0, 0.1) is 0 Å². The number of piperazine rings is 1. The van der Waals surface area contributed by atoms with Crippen molar-refractivity contribution in [3.8, 4) is 16.9 Å². The van der Waals surface area contributed by atoms with Crippen LogP contribution < -0.4 is 5.32 Å². The van der Waals surface area contributed by atoms with Crippen LogP contribution in [0.3, 0.4) is 0 Å². The average molecular weight is 475 g/mol. The van der Waals surface area contributed by atoms with E-state index >= 15 is 0 Å². The number of carbonyl (C=O) groups is 1. The van der Waals surface area contributed by atoms with E-state index in [0.29, 0.717) is 28.2 Å². The Morgan fingerprint density at radius 2 is 1.82 bits per heavy atom. The van der Waals surface area contributed by atoms with Gasteiger partial charge in [0, 0.05) is 49.9 Å². The van der Waals surface area contributed by atoms with Crippen LogP contribution in [0.25, 0.3) is 28.0 Å². The van der Waals surface area contributed by atoms with E-state index in [1.54, 1.807) is 10.9 Å². The first-order valence-electron chi connectivity index (χ1n) is 11.5. The zero-order valence-electron chi connectivity index (χ0n) is 19.1. The molecule has 1 amide bonds. The Balaban J connectivity index is 1.47. The van der Waals surface area contributed by atoms with Gasteiger partial charge in [-0.3, -0.25) is 9.69 Å². The summed E-state index contributed by atoms with van der Waals surface area (Å²) in [7, 11) is 2.14. The fourth-order valence-corrected chi connectivity index (χ4v) is 4.42. The van der Waals surface area contributed by atoms with Gasteiger partial charge < -0.3 is 10.2 Å². The number of amides is 1. The van der Waals surface area contributed by atoms with E-state index < -0.39 is 0 Å². The third-order valence-electron chi connectivity index (χ3n) is 6.22. The maximum atomic E-state index is 13.3. The molecule has 8 heteroatoms. The molecule has 3 heterocycles. The van der Waals surface area contributed by atoms with Crippen LogP contribution in [0.15, 0.2) is 66.9 Å². The maximum absolute atomic E-state index is 13.3. The first-order valence-corrected chi connectivity index (χ1v) is 11.9. The van der Waals surface area contributed by atoms with Crippen LogP contribution in [0.2, 0.25) is 5.02 Å². The number of fused-ring (bicyclic) bond motifs is 1. The molecule has 1 fully saturated rings. The summed E-state index contributed by atoms with van der Waals surface area (Å²) in [4.78, 5) is 22.9. The van der Waals surface area contributed by atoms with Crippen LogP contribution in [-0.2, 0) is 0 Å². The molecule has 4 aromatic rings. The van der Waals surface area contributed by atoms with Crippen molar-refractivity contribution in [2.24, 2.45) is 0 Å². The fourth-order valence-electron chi connectivity index (χ4n) is 4.24. The van der Waals surface area contributed by atoms with Crippen LogP contribution in [0.5, 0.6) is 0 Å². The van der Waals surface area contributed by atoms with Crippen molar-refractivity contribution in [1.29, 1.82) is 0 Å². The maximum Gasteiger partial charge on any atom is 0.252 e. The summed E-state index contributed by atoms with van der Waals surface area (Å²) in [6.07, 6.45) is 1.70. The Hall–Kier alpha value is -3.26. The Morgan fingerprint density at radius 1 is 1.03 bits per heavy atom. The summed E-state index contributed by atoms with van der Waals surface area (Å²) in [5, 5.41) is 8.97. The number of pyridine rings is 1. The molecule has 0 bridgehead atoms. The second-order valence-electron chi connectivity index (χ2n) is 8.60. The molecule has 1 aliphatic rings. The molecular formula is C26H27ClN6O. The SMILES string of the molecule is CN1CCN(CCNC(=O)c2cc(-c3ccccc3)nc3c2cnn3-c2cccc(Cl)c2)CC1. The molecular weight excluding hydrogens is 448 g/mol. The number of carbonyl (C=O) groups excluding carboxylic acids is 1. The summed E-state index contributed by atoms with van der Waals surface area (Å²) >= 11 is 6.22. The second kappa shape index (κ2) is 9.93. The van der Waals surface area contributed by atoms with Gasteiger partial charge in [0.1, 0.15) is 0 Å². The normalized spacial score (nSPS) is 15.0. The fraction of sp³-hybridized carbons (Fsp3) is 0.269. The summed E-state index contributed by atoms with van der Waals surface area (Å²) in [5.41, 5.74) is 3.64. The van der Waals surface area contributed by atoms with Gasteiger partial charge in [-0.1, -0.05) is 48.0 Å². The molecule has 0 spiro atoms. The molecule has 34 heavy (non-hydrogen) atoms. The van der Waals surface area contributed by atoms with Gasteiger partial charge in [-0.15, -0.1) is 0 Å². The van der Waals surface area contributed by atoms with Crippen molar-refractivity contribution < 1.29 is 4.79 Å². The summed E-state index contributed by atoms with van der Waals surface area (Å²) in [6.45, 7) is 5.59. The zero-order valence-corrected chi connectivity index (χ0v) is 19.9. The lowest BCUT2D eigenvalue weighted by Gasteiger charge is -2.32. The molecule has 2 aromatic heterocycles. The van der Waals surface area contributed by atoms with Crippen LogP contribution >= 0.6 is 11.6 Å². The first kappa shape index (κ1) is 22.5. The molecule has 2 aromatic carbocycles. The highest BCUT2D eigenvalue weighted by molar-refractivity contribution is 6.30. The zero-order chi connectivity index (χ0) is 23.5. The minimum Gasteiger partial charge on any atom is -0.351 e. The largest absolute Gasteiger partial charge is 0.351 e. The third-order valence-corrected chi connectivity index (χ3v) is 6.45. The van der Waals surface area contributed by atoms with Crippen molar-refractivity contribution in [2.75, 3.05) is 46.3 Å². The number of likely N-dealkylation sites (N-methyl/N-ethyl adjacent to an activating group) is 1. The van der Waals surface area contributed by atoms with Crippen molar-refractivity contribution in [3.05, 3.63) is 77.4 Å². The highest BCUT2D eigenvalue weighted by Gasteiger charge is 2.19. The van der Waals surface area contributed by atoms with Crippen LogP contribution in [-0.4, -0.2) is 76.8 Å². The number of hydrogen-bond acceptors (Lipinski definition) is 5. The first-order chi connectivity index (χ1) is 16.6. The van der Waals surface area contributed by atoms with Crippen LogP contribution in [0.4, 0.5) is 0 Å². The Morgan fingerprint density at radius 3 is 2.59 bits per heavy atom. The minimum absolute atomic E-state index is 0.121. The number of benzene rings is 2. The van der Waals surface area contributed by atoms with Gasteiger partial charge in [-0.2, -0.15) is 5.10 Å². The molecule has 5 rings (SSSR count). The predicted octanol–water partition coefficient (Wildman–Crippen LogP) is 3.72. The van der Waals surface area contributed by atoms with Crippen molar-refractivity contribution in [2.45, 2.75) is 0 Å². The summed E-state index contributed by atoms with van der Waals surface area (Å²) < 4.78 is 1.73. The standard InChI is InChI=1S/C26H27ClN6O/c1-31-12-14-32(15-13-31)11-10-28-26(34)22-17-24(19-6-3-2-4-7-19)30-25-23(22)18-29-33(25)21-9-5-8-20(27)16-21/h2-9,16-18H,10-15H2,1H3,(H,28,34). The number of nitrogens with zero attached hydrogens (tertiary/aromatic N) is 5. The number of aromatic nitrogens is 3. The number of hydrogen-bond donors (Lipinski definition) is 1. The summed E-state index contributed by atoms with van der Waals surface area (Å²) in [6, 6.07) is 19.2. The van der Waals surface area contributed by atoms with E-state index in [4.69, 9.17) is 16.6 Å². The molecule has 1 saturated heterocycles. The second-order valence-corrected chi connectivity index (χ2v) is 9.03. The van der Waals surface area contributed by atoms with E-state index in [-0.39, 0.29) is 5.91 Å². The molecule has 1 aliphatic heterocycles. The molecule has 0 atom stereocenters. The van der Waals surface area contributed by atoms with Crippen molar-refractivity contribution >= 4 is 28.5 Å². The Labute approximate surface area is 204 Å². The monoisotopic (exact) mass is 474 g/mol. The molecule has 1 N–H and O–H groups in total. The van der Waals surface area contributed by atoms with E-state index in [9.17, 15) is 4.79 Å². The molecule has 0 unspecified atom stereocenters. The molecule has 0 radical (unpaired) electrons. The highest BCUT2D eigenvalue weighted by atomic mass is 35.5. The number of halogens is 1. The van der Waals surface area contributed by atoms with Gasteiger partial charge in [0.15, 0.2) is 5.65 Å². The van der Waals surface area contributed by atoms with E-state index in [1.807, 2.05) is 60.7 Å². The van der Waals surface area contributed by atoms with E-state index in [1.165, 1.54) is 0 Å². The topological polar surface area (TPSA) is 66.3 Å². The van der Waals surface area contributed by atoms with Crippen LogP contribution in [0.1, 0.15) is 10.4 Å². The molecule has 0 saturated carbocycles. The summed E-state index contributed by atoms with van der Waals surface area (Å²) in [5.74, 6) is -0.121. The molecule has 7 nitrogen and oxygen atoms in total.